The van der Waals surface area contributed by atoms with Crippen LogP contribution in [0.15, 0.2) is 130 Å². The molecule has 5 aromatic rings. The lowest BCUT2D eigenvalue weighted by molar-refractivity contribution is -0.434. The number of anilines is 2. The van der Waals surface area contributed by atoms with Crippen LogP contribution in [0, 0.1) is 0 Å². The smallest absolute Gasteiger partial charge is 0.296 e. The summed E-state index contributed by atoms with van der Waals surface area (Å²) in [6, 6.07) is 16.9. The number of sulfone groups is 1. The first-order valence-electron chi connectivity index (χ1n) is 15.6. The van der Waals surface area contributed by atoms with Gasteiger partial charge >= 0.3 is 0 Å². The molecule has 60 heavy (non-hydrogen) atoms. The predicted molar refractivity (Wildman–Crippen MR) is 209 cm³/mol. The highest BCUT2D eigenvalue weighted by molar-refractivity contribution is 7.94. The highest BCUT2D eigenvalue weighted by atomic mass is 32.2. The van der Waals surface area contributed by atoms with Gasteiger partial charge in [-0.1, -0.05) is 28.3 Å². The van der Waals surface area contributed by atoms with E-state index >= 15 is 0 Å². The highest BCUT2D eigenvalue weighted by Crippen LogP contribution is 2.49. The van der Waals surface area contributed by atoms with Gasteiger partial charge in [0, 0.05) is 5.69 Å². The van der Waals surface area contributed by atoms with Crippen LogP contribution in [-0.4, -0.2) is 70.8 Å². The van der Waals surface area contributed by atoms with Gasteiger partial charge < -0.3 is 10.8 Å². The number of hydrogen-bond donors (Lipinski definition) is 7. The van der Waals surface area contributed by atoms with Gasteiger partial charge in [-0.25, -0.2) is 27.4 Å². The van der Waals surface area contributed by atoms with Crippen molar-refractivity contribution < 1.29 is 81.3 Å². The number of nitrogens with one attached hydrogen (secondary N) is 1. The second-order valence-corrected chi connectivity index (χ2v) is 19.2. The molecule has 0 amide bonds. The third-order valence-corrected chi connectivity index (χ3v) is 13.4. The fourth-order valence-electron chi connectivity index (χ4n) is 4.95. The summed E-state index contributed by atoms with van der Waals surface area (Å²) < 4.78 is 137. The van der Waals surface area contributed by atoms with Crippen molar-refractivity contribution in [2.75, 3.05) is 22.8 Å². The van der Waals surface area contributed by atoms with Gasteiger partial charge in [0.1, 0.15) is 26.9 Å². The molecule has 0 heterocycles. The molecule has 8 N–H and O–H groups in total. The molecular weight excluding hydrogens is 925 g/mol. The van der Waals surface area contributed by atoms with E-state index in [1.54, 1.807) is 18.2 Å². The molecule has 0 saturated heterocycles. The molecule has 320 valence electrons. The summed E-state index contributed by atoms with van der Waals surface area (Å²) in [5.74, 6) is -1.75. The fraction of sp³-hybridized carbons (Fsp3) is 0.0667. The Labute approximate surface area is 347 Å². The summed E-state index contributed by atoms with van der Waals surface area (Å²) in [5.41, 5.74) is 4.07. The summed E-state index contributed by atoms with van der Waals surface area (Å²) >= 11 is 0.286. The second-order valence-electron chi connectivity index (χ2n) is 11.3. The molecule has 5 aromatic carbocycles. The van der Waals surface area contributed by atoms with Crippen molar-refractivity contribution in [1.82, 2.24) is 0 Å². The van der Waals surface area contributed by atoms with Gasteiger partial charge in [-0.15, -0.1) is 24.0 Å². The molecule has 24 nitrogen and oxygen atoms in total. The normalized spacial score (nSPS) is 12.8. The van der Waals surface area contributed by atoms with E-state index in [1.165, 1.54) is 36.4 Å². The van der Waals surface area contributed by atoms with E-state index in [4.69, 9.17) is 20.4 Å². The number of rotatable bonds is 19. The van der Waals surface area contributed by atoms with Crippen molar-refractivity contribution in [3.63, 3.8) is 0 Å². The maximum atomic E-state index is 12.8. The van der Waals surface area contributed by atoms with Gasteiger partial charge in [0.05, 0.1) is 55.8 Å². The number of nitrogen functional groups attached to an aromatic ring is 1. The van der Waals surface area contributed by atoms with Gasteiger partial charge in [-0.3, -0.25) is 18.0 Å². The van der Waals surface area contributed by atoms with Crippen molar-refractivity contribution in [2.45, 2.75) is 24.5 Å². The van der Waals surface area contributed by atoms with Crippen LogP contribution in [0.4, 0.5) is 34.1 Å². The fourth-order valence-corrected chi connectivity index (χ4v) is 9.33. The number of nitrogens with two attached hydrogens (primary N) is 1. The Morgan fingerprint density at radius 1 is 0.700 bits per heavy atom. The predicted octanol–water partition coefficient (Wildman–Crippen LogP) is 6.46. The number of azo groups is 2. The van der Waals surface area contributed by atoms with E-state index < -0.39 is 101 Å². The number of phenols is 1. The summed E-state index contributed by atoms with van der Waals surface area (Å²) in [5, 5.41) is 49.9. The summed E-state index contributed by atoms with van der Waals surface area (Å²) in [6.07, 6.45) is 0. The maximum Gasteiger partial charge on any atom is 0.296 e. The number of fused-ring (bicyclic) bond motifs is 1. The Bertz CT molecular complexity index is 2900. The molecule has 5 rings (SSSR count). The van der Waals surface area contributed by atoms with Crippen LogP contribution in [0.2, 0.25) is 0 Å². The van der Waals surface area contributed by atoms with Gasteiger partial charge in [0.25, 0.3) is 30.3 Å². The van der Waals surface area contributed by atoms with E-state index in [9.17, 15) is 47.9 Å². The average Bonchev–Trinajstić information content (AvgIpc) is 3.18. The van der Waals surface area contributed by atoms with Crippen LogP contribution >= 0.6 is 24.4 Å². The first kappa shape index (κ1) is 46.2. The van der Waals surface area contributed by atoms with Crippen molar-refractivity contribution in [3.05, 3.63) is 84.9 Å². The Morgan fingerprint density at radius 3 is 1.97 bits per heavy atom. The second kappa shape index (κ2) is 19.2. The minimum absolute atomic E-state index is 0.0478. The number of hydrogen-bond acceptors (Lipinski definition) is 23. The van der Waals surface area contributed by atoms with Gasteiger partial charge in [-0.2, -0.15) is 21.9 Å². The zero-order valence-corrected chi connectivity index (χ0v) is 34.3. The maximum absolute atomic E-state index is 12.8. The van der Waals surface area contributed by atoms with E-state index in [-0.39, 0.29) is 45.2 Å². The third kappa shape index (κ3) is 11.3. The van der Waals surface area contributed by atoms with Crippen LogP contribution in [0.3, 0.4) is 0 Å². The van der Waals surface area contributed by atoms with Crippen LogP contribution in [-0.2, 0) is 63.0 Å². The lowest BCUT2D eigenvalue weighted by atomic mass is 10.1. The van der Waals surface area contributed by atoms with E-state index in [0.717, 1.165) is 24.3 Å². The van der Waals surface area contributed by atoms with Gasteiger partial charge in [0.2, 0.25) is 0 Å². The summed E-state index contributed by atoms with van der Waals surface area (Å²) in [6.45, 7) is -0.533. The molecule has 0 fully saturated rings. The van der Waals surface area contributed by atoms with Crippen LogP contribution < -0.4 is 10.5 Å². The van der Waals surface area contributed by atoms with Crippen molar-refractivity contribution in [2.24, 2.45) is 20.5 Å². The molecule has 0 saturated carbocycles. The molecule has 0 aromatic heterocycles. The average molecular weight is 951 g/mol. The lowest BCUT2D eigenvalue weighted by Crippen LogP contribution is -2.12. The standard InChI is InChI=1S/C30H26N6O18S6/c31-27-26-17(15-25(60(47,48)49)29(30(26)37)35-32-18-6-8-20(9-7-18)58(42,43)36-19-4-2-1-3-5-19)14-23(55-53-51-38)28(27)34-33-22-11-10-21(16-24(22)59(44,45)46)57(40,41)13-12-50-56-54-52-39/h1-11,14-16,36-39H,12-13,31H2,(H,44,45,46)(H,47,48,49). The topological polar surface area (TPSA) is 371 Å². The number of aromatic hydroxyl groups is 1. The Morgan fingerprint density at radius 2 is 1.33 bits per heavy atom. The number of sulfonamides is 1. The van der Waals surface area contributed by atoms with E-state index in [1.807, 2.05) is 0 Å². The zero-order chi connectivity index (χ0) is 43.9. The van der Waals surface area contributed by atoms with Gasteiger partial charge in [-0.05, 0) is 72.1 Å². The minimum Gasteiger partial charge on any atom is -0.505 e. The first-order chi connectivity index (χ1) is 28.3. The zero-order valence-electron chi connectivity index (χ0n) is 29.4. The highest BCUT2D eigenvalue weighted by Gasteiger charge is 2.27. The summed E-state index contributed by atoms with van der Waals surface area (Å²) in [7, 11) is -18.7. The van der Waals surface area contributed by atoms with Crippen LogP contribution in [0.1, 0.15) is 0 Å². The number of benzene rings is 5. The lowest BCUT2D eigenvalue weighted by Gasteiger charge is -2.14. The first-order valence-corrected chi connectivity index (χ1v) is 23.1. The molecule has 0 unspecified atom stereocenters. The van der Waals surface area contributed by atoms with E-state index in [2.05, 4.69) is 43.9 Å². The summed E-state index contributed by atoms with van der Waals surface area (Å²) in [4.78, 5) is -3.09. The number of para-hydroxylation sites is 1. The van der Waals surface area contributed by atoms with Crippen molar-refractivity contribution in [1.29, 1.82) is 0 Å². The molecule has 0 aliphatic rings. The Hall–Kier alpha value is -4.90. The largest absolute Gasteiger partial charge is 0.505 e. The van der Waals surface area contributed by atoms with Crippen molar-refractivity contribution in [3.8, 4) is 5.75 Å². The SMILES string of the molecule is Nc1c(N=Nc2ccc(S(=O)(=O)CCOSOOO)cc2S(=O)(=O)O)c(SOOO)cc2cc(S(=O)(=O)O)c(N=Nc3ccc(S(=O)(=O)Nc4ccccc4)cc3)c(O)c12. The molecular formula is C30H26N6O18S6. The molecule has 0 aliphatic carbocycles. The molecule has 0 aliphatic heterocycles. The van der Waals surface area contributed by atoms with Crippen LogP contribution in [0.25, 0.3) is 10.8 Å². The minimum atomic E-state index is -5.21. The number of phenolic OH excluding ortho intramolecular Hbond substituents is 1. The molecule has 30 heteroatoms. The Kier molecular flexibility index (Phi) is 14.8. The third-order valence-electron chi connectivity index (χ3n) is 7.55. The quantitative estimate of drug-likeness (QED) is 0.00888. The van der Waals surface area contributed by atoms with Gasteiger partial charge in [0.15, 0.2) is 27.9 Å². The van der Waals surface area contributed by atoms with Crippen LogP contribution in [0.5, 0.6) is 5.75 Å². The monoisotopic (exact) mass is 950 g/mol. The molecule has 0 spiro atoms. The molecule has 0 radical (unpaired) electrons. The molecule has 0 bridgehead atoms. The molecule has 0 atom stereocenters. The Balaban J connectivity index is 1.57. The van der Waals surface area contributed by atoms with Crippen molar-refractivity contribution >= 4 is 109 Å². The van der Waals surface area contributed by atoms with E-state index in [0.29, 0.717) is 11.8 Å². The number of nitrogens with zero attached hydrogens (tertiary/aromatic N) is 4.